The summed E-state index contributed by atoms with van der Waals surface area (Å²) in [6.07, 6.45) is 1.37. The van der Waals surface area contributed by atoms with Crippen LogP contribution in [0.1, 0.15) is 48.3 Å². The largest absolute Gasteiger partial charge is 0.465 e. The van der Waals surface area contributed by atoms with Crippen LogP contribution in [0, 0.1) is 0 Å². The van der Waals surface area contributed by atoms with E-state index in [1.807, 2.05) is 18.2 Å². The van der Waals surface area contributed by atoms with Crippen LogP contribution in [-0.2, 0) is 14.3 Å². The Balaban J connectivity index is 1.93. The molecule has 0 fully saturated rings. The number of esters is 2. The number of hydrogen-bond acceptors (Lipinski definition) is 7. The van der Waals surface area contributed by atoms with Crippen molar-refractivity contribution in [1.29, 1.82) is 0 Å². The van der Waals surface area contributed by atoms with Crippen molar-refractivity contribution in [1.82, 2.24) is 4.57 Å². The maximum absolute atomic E-state index is 13.6. The standard InChI is InChI=1S/C26H23ClN2O5S/c1-14(2)34-25(32)21-15(3)28-26-29(22(21)16-9-11-17(12-10-16)24(31)33-4)23(30)20(35-26)13-18-7-5-6-8-19(18)27/h5-14,22H,1-4H3. The van der Waals surface area contributed by atoms with E-state index in [1.54, 1.807) is 57.2 Å². The monoisotopic (exact) mass is 510 g/mol. The van der Waals surface area contributed by atoms with E-state index < -0.39 is 18.0 Å². The van der Waals surface area contributed by atoms with E-state index in [9.17, 15) is 14.4 Å². The fourth-order valence-corrected chi connectivity index (χ4v) is 5.06. The van der Waals surface area contributed by atoms with Crippen LogP contribution in [0.25, 0.3) is 6.08 Å². The first kappa shape index (κ1) is 24.6. The molecule has 35 heavy (non-hydrogen) atoms. The van der Waals surface area contributed by atoms with Crippen LogP contribution in [0.15, 0.2) is 69.6 Å². The maximum Gasteiger partial charge on any atom is 0.338 e. The number of aromatic nitrogens is 1. The first-order valence-corrected chi connectivity index (χ1v) is 12.1. The van der Waals surface area contributed by atoms with Crippen molar-refractivity contribution in [3.63, 3.8) is 0 Å². The molecule has 1 unspecified atom stereocenters. The van der Waals surface area contributed by atoms with Crippen molar-refractivity contribution in [3.05, 3.63) is 101 Å². The van der Waals surface area contributed by atoms with Gasteiger partial charge in [0.1, 0.15) is 0 Å². The van der Waals surface area contributed by atoms with Crippen molar-refractivity contribution < 1.29 is 19.1 Å². The van der Waals surface area contributed by atoms with Gasteiger partial charge in [-0.2, -0.15) is 0 Å². The summed E-state index contributed by atoms with van der Waals surface area (Å²) in [4.78, 5) is 43.7. The second-order valence-electron chi connectivity index (χ2n) is 8.17. The highest BCUT2D eigenvalue weighted by Gasteiger charge is 2.33. The average molecular weight is 511 g/mol. The van der Waals surface area contributed by atoms with E-state index >= 15 is 0 Å². The SMILES string of the molecule is COC(=O)c1ccc(C2C(C(=O)OC(C)C)=C(C)N=c3sc(=Cc4ccccc4Cl)c(=O)n32)cc1. The summed E-state index contributed by atoms with van der Waals surface area (Å²) < 4.78 is 12.2. The molecule has 0 N–H and O–H groups in total. The lowest BCUT2D eigenvalue weighted by atomic mass is 9.95. The molecular weight excluding hydrogens is 488 g/mol. The number of nitrogens with zero attached hydrogens (tertiary/aromatic N) is 2. The zero-order valence-electron chi connectivity index (χ0n) is 19.6. The van der Waals surface area contributed by atoms with Gasteiger partial charge in [0, 0.05) is 5.02 Å². The number of benzene rings is 2. The molecule has 2 heterocycles. The van der Waals surface area contributed by atoms with Gasteiger partial charge >= 0.3 is 11.9 Å². The molecule has 3 aromatic rings. The van der Waals surface area contributed by atoms with Gasteiger partial charge in [0.05, 0.1) is 40.6 Å². The third-order valence-electron chi connectivity index (χ3n) is 5.42. The maximum atomic E-state index is 13.6. The lowest BCUT2D eigenvalue weighted by molar-refractivity contribution is -0.143. The molecule has 0 radical (unpaired) electrons. The van der Waals surface area contributed by atoms with Crippen molar-refractivity contribution in [2.75, 3.05) is 7.11 Å². The Labute approximate surface area is 210 Å². The number of fused-ring (bicyclic) bond motifs is 1. The Bertz CT molecular complexity index is 1520. The Kier molecular flexibility index (Phi) is 7.05. The lowest BCUT2D eigenvalue weighted by Crippen LogP contribution is -2.40. The van der Waals surface area contributed by atoms with Crippen molar-refractivity contribution >= 4 is 41.0 Å². The number of carbonyl (C=O) groups excluding carboxylic acids is 2. The summed E-state index contributed by atoms with van der Waals surface area (Å²) >= 11 is 7.52. The van der Waals surface area contributed by atoms with E-state index in [0.717, 1.165) is 0 Å². The molecule has 180 valence electrons. The number of thiazole rings is 1. The van der Waals surface area contributed by atoms with Crippen molar-refractivity contribution in [2.45, 2.75) is 32.9 Å². The number of halogens is 1. The number of carbonyl (C=O) groups is 2. The van der Waals surface area contributed by atoms with Crippen LogP contribution in [0.2, 0.25) is 5.02 Å². The minimum Gasteiger partial charge on any atom is -0.465 e. The van der Waals surface area contributed by atoms with E-state index in [1.165, 1.54) is 23.0 Å². The summed E-state index contributed by atoms with van der Waals surface area (Å²) in [6, 6.07) is 13.0. The number of allylic oxidation sites excluding steroid dienone is 1. The van der Waals surface area contributed by atoms with Crippen LogP contribution >= 0.6 is 22.9 Å². The third kappa shape index (κ3) is 4.85. The summed E-state index contributed by atoms with van der Waals surface area (Å²) in [5, 5.41) is 0.519. The molecule has 1 aliphatic heterocycles. The number of methoxy groups -OCH3 is 1. The summed E-state index contributed by atoms with van der Waals surface area (Å²) in [6.45, 7) is 5.23. The van der Waals surface area contributed by atoms with E-state index in [-0.39, 0.29) is 17.2 Å². The highest BCUT2D eigenvalue weighted by atomic mass is 35.5. The third-order valence-corrected chi connectivity index (χ3v) is 6.75. The minimum absolute atomic E-state index is 0.265. The van der Waals surface area contributed by atoms with Gasteiger partial charge in [-0.1, -0.05) is 53.3 Å². The predicted molar refractivity (Wildman–Crippen MR) is 134 cm³/mol. The Morgan fingerprint density at radius 3 is 2.43 bits per heavy atom. The molecular formula is C26H23ClN2O5S. The fraction of sp³-hybridized carbons (Fsp3) is 0.231. The molecule has 1 atom stereocenters. The summed E-state index contributed by atoms with van der Waals surface area (Å²) in [5.41, 5.74) is 2.11. The highest BCUT2D eigenvalue weighted by Crippen LogP contribution is 2.31. The predicted octanol–water partition coefficient (Wildman–Crippen LogP) is 3.63. The van der Waals surface area contributed by atoms with Gasteiger partial charge in [-0.25, -0.2) is 14.6 Å². The average Bonchev–Trinajstić information content (AvgIpc) is 3.13. The Hall–Kier alpha value is -3.49. The molecule has 2 aromatic carbocycles. The fourth-order valence-electron chi connectivity index (χ4n) is 3.83. The first-order chi connectivity index (χ1) is 16.7. The van der Waals surface area contributed by atoms with Crippen LogP contribution in [-0.4, -0.2) is 29.7 Å². The van der Waals surface area contributed by atoms with Crippen LogP contribution in [0.5, 0.6) is 0 Å². The van der Waals surface area contributed by atoms with Gasteiger partial charge in [-0.15, -0.1) is 0 Å². The van der Waals surface area contributed by atoms with Crippen LogP contribution in [0.4, 0.5) is 0 Å². The molecule has 4 rings (SSSR count). The first-order valence-electron chi connectivity index (χ1n) is 10.9. The molecule has 0 saturated heterocycles. The topological polar surface area (TPSA) is 87.0 Å². The number of ether oxygens (including phenoxy) is 2. The van der Waals surface area contributed by atoms with Crippen LogP contribution in [0.3, 0.4) is 0 Å². The van der Waals surface area contributed by atoms with E-state index in [0.29, 0.717) is 36.7 Å². The molecule has 9 heteroatoms. The molecule has 0 amide bonds. The molecule has 0 spiro atoms. The van der Waals surface area contributed by atoms with Gasteiger partial charge in [0.2, 0.25) is 0 Å². The molecule has 0 saturated carbocycles. The van der Waals surface area contributed by atoms with E-state index in [2.05, 4.69) is 4.99 Å². The lowest BCUT2D eigenvalue weighted by Gasteiger charge is -2.25. The van der Waals surface area contributed by atoms with Gasteiger partial charge in [-0.3, -0.25) is 9.36 Å². The van der Waals surface area contributed by atoms with Gasteiger partial charge in [-0.05, 0) is 56.2 Å². The van der Waals surface area contributed by atoms with Gasteiger partial charge in [0.25, 0.3) is 5.56 Å². The Morgan fingerprint density at radius 2 is 1.80 bits per heavy atom. The zero-order valence-corrected chi connectivity index (χ0v) is 21.1. The normalized spacial score (nSPS) is 15.6. The van der Waals surface area contributed by atoms with Crippen molar-refractivity contribution in [2.24, 2.45) is 4.99 Å². The second kappa shape index (κ2) is 10.0. The second-order valence-corrected chi connectivity index (χ2v) is 9.59. The molecule has 7 nitrogen and oxygen atoms in total. The van der Waals surface area contributed by atoms with Crippen LogP contribution < -0.4 is 14.9 Å². The summed E-state index contributed by atoms with van der Waals surface area (Å²) in [5.74, 6) is -1.03. The minimum atomic E-state index is -0.780. The van der Waals surface area contributed by atoms with E-state index in [4.69, 9.17) is 21.1 Å². The zero-order chi connectivity index (χ0) is 25.3. The number of rotatable bonds is 5. The van der Waals surface area contributed by atoms with Gasteiger partial charge in [0.15, 0.2) is 4.80 Å². The molecule has 0 aliphatic carbocycles. The molecule has 0 bridgehead atoms. The molecule has 1 aliphatic rings. The smallest absolute Gasteiger partial charge is 0.338 e. The molecule has 1 aromatic heterocycles. The number of hydrogen-bond donors (Lipinski definition) is 0. The highest BCUT2D eigenvalue weighted by molar-refractivity contribution is 7.07. The Morgan fingerprint density at radius 1 is 1.11 bits per heavy atom. The van der Waals surface area contributed by atoms with Gasteiger partial charge < -0.3 is 9.47 Å². The quantitative estimate of drug-likeness (QED) is 0.489. The summed E-state index contributed by atoms with van der Waals surface area (Å²) in [7, 11) is 1.30. The van der Waals surface area contributed by atoms with Crippen molar-refractivity contribution in [3.8, 4) is 0 Å².